The second kappa shape index (κ2) is 7.61. The van der Waals surface area contributed by atoms with Crippen LogP contribution in [0.1, 0.15) is 48.2 Å². The summed E-state index contributed by atoms with van der Waals surface area (Å²) in [5, 5.41) is 3.99. The van der Waals surface area contributed by atoms with Gasteiger partial charge >= 0.3 is 0 Å². The molecule has 5 nitrogen and oxygen atoms in total. The number of fused-ring (bicyclic) bond motifs is 1. The summed E-state index contributed by atoms with van der Waals surface area (Å²) in [6.45, 7) is 1.27. The van der Waals surface area contributed by atoms with Gasteiger partial charge in [0, 0.05) is 18.7 Å². The minimum atomic E-state index is -2.80. The smallest absolute Gasteiger partial charge is 0.280 e. The highest BCUT2D eigenvalue weighted by Crippen LogP contribution is 2.27. The van der Waals surface area contributed by atoms with Crippen molar-refractivity contribution in [3.63, 3.8) is 0 Å². The summed E-state index contributed by atoms with van der Waals surface area (Å²) >= 11 is 0. The number of carbonyl (C=O) groups is 1. The lowest BCUT2D eigenvalue weighted by Gasteiger charge is -2.19. The van der Waals surface area contributed by atoms with Crippen molar-refractivity contribution in [2.75, 3.05) is 13.1 Å². The van der Waals surface area contributed by atoms with Gasteiger partial charge in [0.15, 0.2) is 5.65 Å². The molecule has 146 valence electrons. The van der Waals surface area contributed by atoms with Crippen LogP contribution in [-0.2, 0) is 0 Å². The second-order valence-corrected chi connectivity index (χ2v) is 6.87. The first-order chi connectivity index (χ1) is 13.5. The summed E-state index contributed by atoms with van der Waals surface area (Å²) in [4.78, 5) is 19.1. The van der Waals surface area contributed by atoms with E-state index in [4.69, 9.17) is 0 Å². The largest absolute Gasteiger partial charge is 0.338 e. The number of benzene rings is 1. The van der Waals surface area contributed by atoms with Crippen LogP contribution in [-0.4, -0.2) is 38.5 Å². The number of likely N-dealkylation sites (tertiary alicyclic amines) is 1. The fourth-order valence-electron chi connectivity index (χ4n) is 3.51. The fraction of sp³-hybridized carbons (Fsp3) is 0.350. The van der Waals surface area contributed by atoms with Crippen molar-refractivity contribution in [3.05, 3.63) is 53.6 Å². The van der Waals surface area contributed by atoms with E-state index in [0.717, 1.165) is 30.2 Å². The van der Waals surface area contributed by atoms with Gasteiger partial charge in [0.2, 0.25) is 0 Å². The Morgan fingerprint density at radius 2 is 1.71 bits per heavy atom. The van der Waals surface area contributed by atoms with E-state index in [1.165, 1.54) is 36.5 Å². The molecule has 1 saturated heterocycles. The summed E-state index contributed by atoms with van der Waals surface area (Å²) in [6, 6.07) is 6.64. The average molecular weight is 388 g/mol. The Morgan fingerprint density at radius 3 is 2.36 bits per heavy atom. The molecule has 0 bridgehead atoms. The Kier molecular flexibility index (Phi) is 5.02. The van der Waals surface area contributed by atoms with Gasteiger partial charge in [-0.3, -0.25) is 4.79 Å². The molecular weight excluding hydrogens is 369 g/mol. The Hall–Kier alpha value is -2.90. The summed E-state index contributed by atoms with van der Waals surface area (Å²) in [5.41, 5.74) is 0.659. The van der Waals surface area contributed by atoms with Crippen LogP contribution < -0.4 is 0 Å². The lowest BCUT2D eigenvalue weighted by Crippen LogP contribution is -2.31. The summed E-state index contributed by atoms with van der Waals surface area (Å²) in [5.74, 6) is -0.679. The topological polar surface area (TPSA) is 50.5 Å². The van der Waals surface area contributed by atoms with Gasteiger partial charge < -0.3 is 4.90 Å². The van der Waals surface area contributed by atoms with Crippen molar-refractivity contribution in [3.8, 4) is 11.3 Å². The summed E-state index contributed by atoms with van der Waals surface area (Å²) in [6.07, 6.45) is 2.48. The van der Waals surface area contributed by atoms with Crippen LogP contribution in [0, 0.1) is 5.82 Å². The highest BCUT2D eigenvalue weighted by molar-refractivity contribution is 6.00. The van der Waals surface area contributed by atoms with E-state index in [1.807, 2.05) is 0 Å². The Bertz CT molecular complexity index is 993. The van der Waals surface area contributed by atoms with Gasteiger partial charge in [-0.25, -0.2) is 22.7 Å². The van der Waals surface area contributed by atoms with Gasteiger partial charge in [0.05, 0.1) is 11.9 Å². The molecule has 0 spiro atoms. The SMILES string of the molecule is O=C(c1cnn2c(C(F)F)cc(-c3ccc(F)cc3)nc12)N1CCCCCC1. The number of halogens is 3. The van der Waals surface area contributed by atoms with Crippen LogP contribution in [0.15, 0.2) is 36.5 Å². The predicted molar refractivity (Wildman–Crippen MR) is 97.7 cm³/mol. The zero-order valence-electron chi connectivity index (χ0n) is 15.1. The number of nitrogens with zero attached hydrogens (tertiary/aromatic N) is 4. The Labute approximate surface area is 159 Å². The van der Waals surface area contributed by atoms with Crippen LogP contribution >= 0.6 is 0 Å². The summed E-state index contributed by atoms with van der Waals surface area (Å²) in [7, 11) is 0. The van der Waals surface area contributed by atoms with Crippen LogP contribution in [0.5, 0.6) is 0 Å². The third-order valence-electron chi connectivity index (χ3n) is 4.99. The van der Waals surface area contributed by atoms with E-state index in [9.17, 15) is 18.0 Å². The molecule has 1 fully saturated rings. The normalized spacial score (nSPS) is 15.2. The van der Waals surface area contributed by atoms with E-state index >= 15 is 0 Å². The second-order valence-electron chi connectivity index (χ2n) is 6.87. The van der Waals surface area contributed by atoms with E-state index in [-0.39, 0.29) is 28.5 Å². The maximum Gasteiger partial charge on any atom is 0.280 e. The Balaban J connectivity index is 1.82. The molecule has 2 aromatic heterocycles. The molecule has 0 saturated carbocycles. The van der Waals surface area contributed by atoms with Gasteiger partial charge in [-0.1, -0.05) is 12.8 Å². The molecule has 1 aromatic carbocycles. The molecule has 0 N–H and O–H groups in total. The van der Waals surface area contributed by atoms with Gasteiger partial charge in [-0.05, 0) is 43.2 Å². The lowest BCUT2D eigenvalue weighted by atomic mass is 10.1. The highest BCUT2D eigenvalue weighted by atomic mass is 19.3. The molecule has 1 amide bonds. The molecule has 3 aromatic rings. The van der Waals surface area contributed by atoms with Crippen LogP contribution in [0.4, 0.5) is 13.2 Å². The zero-order chi connectivity index (χ0) is 19.7. The molecule has 0 aliphatic carbocycles. The van der Waals surface area contributed by atoms with Gasteiger partial charge in [0.25, 0.3) is 12.3 Å². The van der Waals surface area contributed by atoms with E-state index in [0.29, 0.717) is 18.7 Å². The molecule has 0 atom stereocenters. The number of amides is 1. The van der Waals surface area contributed by atoms with Crippen molar-refractivity contribution < 1.29 is 18.0 Å². The van der Waals surface area contributed by atoms with E-state index in [1.54, 1.807) is 4.90 Å². The van der Waals surface area contributed by atoms with Gasteiger partial charge in [0.1, 0.15) is 17.1 Å². The van der Waals surface area contributed by atoms with Gasteiger partial charge in [-0.2, -0.15) is 5.10 Å². The number of hydrogen-bond acceptors (Lipinski definition) is 3. The van der Waals surface area contributed by atoms with Crippen LogP contribution in [0.2, 0.25) is 0 Å². The molecule has 3 heterocycles. The third-order valence-corrected chi connectivity index (χ3v) is 4.99. The standard InChI is InChI=1S/C20H19F3N4O/c21-14-7-5-13(6-8-14)16-11-17(18(22)23)27-19(25-16)15(12-24-27)20(28)26-9-3-1-2-4-10-26/h5-8,11-12,18H,1-4,9-10H2. The number of aromatic nitrogens is 3. The number of rotatable bonds is 3. The first-order valence-electron chi connectivity index (χ1n) is 9.26. The zero-order valence-corrected chi connectivity index (χ0v) is 15.1. The molecular formula is C20H19F3N4O. The quantitative estimate of drug-likeness (QED) is 0.664. The predicted octanol–water partition coefficient (Wildman–Crippen LogP) is 4.49. The van der Waals surface area contributed by atoms with Crippen LogP contribution in [0.3, 0.4) is 0 Å². The van der Waals surface area contributed by atoms with Crippen LogP contribution in [0.25, 0.3) is 16.9 Å². The monoisotopic (exact) mass is 388 g/mol. The first kappa shape index (κ1) is 18.5. The lowest BCUT2D eigenvalue weighted by molar-refractivity contribution is 0.0763. The number of alkyl halides is 2. The minimum Gasteiger partial charge on any atom is -0.338 e. The minimum absolute atomic E-state index is 0.0892. The molecule has 4 rings (SSSR count). The van der Waals surface area contributed by atoms with Crippen molar-refractivity contribution in [2.45, 2.75) is 32.1 Å². The van der Waals surface area contributed by atoms with Crippen molar-refractivity contribution >= 4 is 11.6 Å². The molecule has 1 aliphatic rings. The molecule has 0 unspecified atom stereocenters. The summed E-state index contributed by atoms with van der Waals surface area (Å²) < 4.78 is 41.5. The number of carbonyl (C=O) groups excluding carboxylic acids is 1. The number of hydrogen-bond donors (Lipinski definition) is 0. The first-order valence-corrected chi connectivity index (χ1v) is 9.26. The maximum absolute atomic E-state index is 13.6. The van der Waals surface area contributed by atoms with Gasteiger partial charge in [-0.15, -0.1) is 0 Å². The van der Waals surface area contributed by atoms with Crippen molar-refractivity contribution in [1.29, 1.82) is 0 Å². The Morgan fingerprint density at radius 1 is 1.04 bits per heavy atom. The average Bonchev–Trinajstić information content (AvgIpc) is 2.93. The maximum atomic E-state index is 13.6. The van der Waals surface area contributed by atoms with E-state index in [2.05, 4.69) is 10.1 Å². The molecule has 1 aliphatic heterocycles. The molecule has 28 heavy (non-hydrogen) atoms. The molecule has 0 radical (unpaired) electrons. The third kappa shape index (κ3) is 3.46. The molecule has 8 heteroatoms. The van der Waals surface area contributed by atoms with Crippen molar-refractivity contribution in [1.82, 2.24) is 19.5 Å². The fourth-order valence-corrected chi connectivity index (χ4v) is 3.51. The van der Waals surface area contributed by atoms with E-state index < -0.39 is 12.2 Å². The highest BCUT2D eigenvalue weighted by Gasteiger charge is 2.25. The van der Waals surface area contributed by atoms with Crippen molar-refractivity contribution in [2.24, 2.45) is 0 Å².